The van der Waals surface area contributed by atoms with Gasteiger partial charge >= 0.3 is 10.3 Å². The average molecular weight is 387 g/mol. The molecule has 3 rings (SSSR count). The Hall–Kier alpha value is -1.42. The first-order valence-electron chi connectivity index (χ1n) is 8.19. The van der Waals surface area contributed by atoms with E-state index in [4.69, 9.17) is 5.14 Å². The van der Waals surface area contributed by atoms with Crippen molar-refractivity contribution in [2.45, 2.75) is 49.5 Å². The number of nitrogens with two attached hydrogens (primary N) is 1. The first kappa shape index (κ1) is 18.4. The van der Waals surface area contributed by atoms with E-state index < -0.39 is 26.2 Å². The highest BCUT2D eigenvalue weighted by Gasteiger charge is 2.37. The van der Waals surface area contributed by atoms with Gasteiger partial charge in [0.25, 0.3) is 0 Å². The second kappa shape index (κ2) is 6.71. The first-order chi connectivity index (χ1) is 11.7. The number of aliphatic hydroxyl groups excluding tert-OH is 1. The molecule has 9 heteroatoms. The van der Waals surface area contributed by atoms with Gasteiger partial charge in [0.2, 0.25) is 9.84 Å². The molecule has 1 aromatic rings. The second-order valence-corrected chi connectivity index (χ2v) is 9.59. The fourth-order valence-electron chi connectivity index (χ4n) is 3.51. The smallest absolute Gasteiger partial charge is 0.380 e. The maximum atomic E-state index is 12.8. The summed E-state index contributed by atoms with van der Waals surface area (Å²) in [5, 5.41) is 15.5. The Morgan fingerprint density at radius 1 is 1.16 bits per heavy atom. The predicted octanol–water partition coefficient (Wildman–Crippen LogP) is 1.73. The summed E-state index contributed by atoms with van der Waals surface area (Å²) in [5.41, 5.74) is 0.407. The number of benzene rings is 1. The molecule has 1 unspecified atom stereocenters. The molecule has 1 heterocycles. The molecule has 0 radical (unpaired) electrons. The van der Waals surface area contributed by atoms with Gasteiger partial charge in [-0.3, -0.25) is 0 Å². The highest BCUT2D eigenvalue weighted by atomic mass is 32.2. The number of hydrogen-bond donors (Lipinski definition) is 2. The summed E-state index contributed by atoms with van der Waals surface area (Å²) in [5.74, 6) is -0.263. The third-order valence-electron chi connectivity index (χ3n) is 4.73. The minimum Gasteiger partial charge on any atom is -0.387 e. The molecular formula is C16H21NO6S2. The van der Waals surface area contributed by atoms with Gasteiger partial charge in [0, 0.05) is 6.07 Å². The van der Waals surface area contributed by atoms with Crippen molar-refractivity contribution in [1.82, 2.24) is 0 Å². The zero-order valence-electron chi connectivity index (χ0n) is 13.6. The van der Waals surface area contributed by atoms with Crippen molar-refractivity contribution in [3.8, 4) is 5.75 Å². The van der Waals surface area contributed by atoms with Gasteiger partial charge in [0.05, 0.1) is 15.9 Å². The average Bonchev–Trinajstić information content (AvgIpc) is 2.71. The molecule has 25 heavy (non-hydrogen) atoms. The Bertz CT molecular complexity index is 897. The zero-order chi connectivity index (χ0) is 18.2. The maximum Gasteiger partial charge on any atom is 0.380 e. The quantitative estimate of drug-likeness (QED) is 0.758. The highest BCUT2D eigenvalue weighted by molar-refractivity contribution is 7.96. The van der Waals surface area contributed by atoms with Gasteiger partial charge in [-0.05, 0) is 42.5 Å². The first-order valence-corrected chi connectivity index (χ1v) is 11.1. The van der Waals surface area contributed by atoms with E-state index in [1.165, 1.54) is 18.2 Å². The molecule has 1 atom stereocenters. The van der Waals surface area contributed by atoms with Crippen molar-refractivity contribution in [1.29, 1.82) is 0 Å². The van der Waals surface area contributed by atoms with Crippen LogP contribution in [0.1, 0.15) is 44.1 Å². The lowest BCUT2D eigenvalue weighted by Crippen LogP contribution is -2.25. The van der Waals surface area contributed by atoms with E-state index in [0.29, 0.717) is 5.56 Å². The molecule has 0 amide bonds. The largest absolute Gasteiger partial charge is 0.387 e. The SMILES string of the molecule is NS(=O)(=O)Oc1ccc2c(c1)S(=O)(=O)C(C(O)C1CCCCCC1)=C2. The van der Waals surface area contributed by atoms with Gasteiger partial charge in [-0.25, -0.2) is 8.42 Å². The number of sulfone groups is 1. The summed E-state index contributed by atoms with van der Waals surface area (Å²) < 4.78 is 52.2. The summed E-state index contributed by atoms with van der Waals surface area (Å²) >= 11 is 0. The van der Waals surface area contributed by atoms with E-state index >= 15 is 0 Å². The van der Waals surface area contributed by atoms with Crippen molar-refractivity contribution in [2.75, 3.05) is 0 Å². The van der Waals surface area contributed by atoms with E-state index in [9.17, 15) is 21.9 Å². The van der Waals surface area contributed by atoms with Crippen LogP contribution in [-0.4, -0.2) is 28.0 Å². The van der Waals surface area contributed by atoms with Crippen LogP contribution in [0.2, 0.25) is 0 Å². The number of aliphatic hydroxyl groups is 1. The predicted molar refractivity (Wildman–Crippen MR) is 92.5 cm³/mol. The fourth-order valence-corrected chi connectivity index (χ4v) is 5.64. The van der Waals surface area contributed by atoms with Gasteiger partial charge in [-0.2, -0.15) is 13.6 Å². The summed E-state index contributed by atoms with van der Waals surface area (Å²) in [4.78, 5) is -0.0986. The molecule has 0 spiro atoms. The van der Waals surface area contributed by atoms with Crippen molar-refractivity contribution in [3.63, 3.8) is 0 Å². The van der Waals surface area contributed by atoms with E-state index in [1.54, 1.807) is 0 Å². The molecule has 3 N–H and O–H groups in total. The molecule has 0 aromatic heterocycles. The van der Waals surface area contributed by atoms with Crippen molar-refractivity contribution >= 4 is 26.2 Å². The van der Waals surface area contributed by atoms with Crippen LogP contribution in [0.3, 0.4) is 0 Å². The fraction of sp³-hybridized carbons (Fsp3) is 0.500. The topological polar surface area (TPSA) is 124 Å². The number of hydrogen-bond acceptors (Lipinski definition) is 6. The summed E-state index contributed by atoms with van der Waals surface area (Å²) in [6.45, 7) is 0. The Kier molecular flexibility index (Phi) is 4.93. The number of fused-ring (bicyclic) bond motifs is 1. The highest BCUT2D eigenvalue weighted by Crippen LogP contribution is 2.40. The molecule has 1 aromatic carbocycles. The Labute approximate surface area is 147 Å². The molecule has 1 saturated carbocycles. The van der Waals surface area contributed by atoms with Crippen molar-refractivity contribution < 1.29 is 26.1 Å². The third-order valence-corrected chi connectivity index (χ3v) is 7.07. The zero-order valence-corrected chi connectivity index (χ0v) is 15.2. The minimum absolute atomic E-state index is 0.0258. The standard InChI is InChI=1S/C16H21NO6S2/c17-25(21,22)23-13-8-7-12-9-15(24(19,20)14(12)10-13)16(18)11-5-3-1-2-4-6-11/h7-11,16,18H,1-6H2,(H2,17,21,22). The molecular weight excluding hydrogens is 366 g/mol. The third kappa shape index (κ3) is 3.89. The van der Waals surface area contributed by atoms with E-state index in [0.717, 1.165) is 44.6 Å². The number of rotatable bonds is 4. The molecule has 1 fully saturated rings. The monoisotopic (exact) mass is 387 g/mol. The van der Waals surface area contributed by atoms with Crippen LogP contribution in [0.15, 0.2) is 28.0 Å². The molecule has 138 valence electrons. The van der Waals surface area contributed by atoms with Gasteiger partial charge in [-0.15, -0.1) is 0 Å². The minimum atomic E-state index is -4.24. The lowest BCUT2D eigenvalue weighted by atomic mass is 9.93. The molecule has 1 aliphatic heterocycles. The molecule has 2 aliphatic rings. The van der Waals surface area contributed by atoms with Crippen LogP contribution >= 0.6 is 0 Å². The van der Waals surface area contributed by atoms with E-state index in [2.05, 4.69) is 4.18 Å². The van der Waals surface area contributed by atoms with Gasteiger partial charge in [0.15, 0.2) is 0 Å². The normalized spacial score (nSPS) is 21.9. The van der Waals surface area contributed by atoms with Crippen LogP contribution < -0.4 is 9.32 Å². The molecule has 0 saturated heterocycles. The van der Waals surface area contributed by atoms with E-state index in [1.807, 2.05) is 0 Å². The Morgan fingerprint density at radius 3 is 2.40 bits per heavy atom. The molecule has 1 aliphatic carbocycles. The maximum absolute atomic E-state index is 12.8. The van der Waals surface area contributed by atoms with Crippen LogP contribution in [-0.2, 0) is 20.1 Å². The van der Waals surface area contributed by atoms with Crippen LogP contribution in [0.5, 0.6) is 5.75 Å². The van der Waals surface area contributed by atoms with Crippen LogP contribution in [0, 0.1) is 5.92 Å². The summed E-state index contributed by atoms with van der Waals surface area (Å²) in [7, 11) is -8.13. The van der Waals surface area contributed by atoms with Gasteiger partial charge < -0.3 is 9.29 Å². The van der Waals surface area contributed by atoms with Crippen LogP contribution in [0.4, 0.5) is 0 Å². The Morgan fingerprint density at radius 2 is 1.80 bits per heavy atom. The second-order valence-electron chi connectivity index (χ2n) is 6.52. The van der Waals surface area contributed by atoms with E-state index in [-0.39, 0.29) is 21.5 Å². The Balaban J connectivity index is 1.91. The lowest BCUT2D eigenvalue weighted by molar-refractivity contribution is 0.138. The lowest BCUT2D eigenvalue weighted by Gasteiger charge is -2.22. The summed E-state index contributed by atoms with van der Waals surface area (Å²) in [6, 6.07) is 3.90. The molecule has 0 bridgehead atoms. The van der Waals surface area contributed by atoms with Crippen molar-refractivity contribution in [3.05, 3.63) is 28.7 Å². The summed E-state index contributed by atoms with van der Waals surface area (Å²) in [6.07, 6.45) is 6.16. The van der Waals surface area contributed by atoms with Crippen molar-refractivity contribution in [2.24, 2.45) is 11.1 Å². The van der Waals surface area contributed by atoms with Gasteiger partial charge in [0.1, 0.15) is 5.75 Å². The molecule has 7 nitrogen and oxygen atoms in total. The van der Waals surface area contributed by atoms with Crippen LogP contribution in [0.25, 0.3) is 6.08 Å². The van der Waals surface area contributed by atoms with Gasteiger partial charge in [-0.1, -0.05) is 25.7 Å².